The van der Waals surface area contributed by atoms with Gasteiger partial charge >= 0.3 is 6.09 Å². The van der Waals surface area contributed by atoms with Crippen molar-refractivity contribution in [1.82, 2.24) is 10.6 Å². The number of rotatable bonds is 7. The molecular weight excluding hydrogens is 376 g/mol. The molecule has 2 rings (SSSR count). The molecular formula is C25H42N2O3. The molecule has 2 atom stereocenters. The van der Waals surface area contributed by atoms with E-state index in [9.17, 15) is 15.0 Å². The Kier molecular flexibility index (Phi) is 7.97. The Morgan fingerprint density at radius 2 is 1.60 bits per heavy atom. The first-order chi connectivity index (χ1) is 13.8. The zero-order chi connectivity index (χ0) is 22.6. The van der Waals surface area contributed by atoms with Crippen LogP contribution in [0.2, 0.25) is 0 Å². The molecule has 5 heteroatoms. The van der Waals surface area contributed by atoms with E-state index in [-0.39, 0.29) is 0 Å². The largest absolute Gasteiger partial charge is 0.465 e. The maximum atomic E-state index is 11.7. The molecule has 0 heterocycles. The summed E-state index contributed by atoms with van der Waals surface area (Å²) in [6.07, 6.45) is 3.06. The van der Waals surface area contributed by atoms with Crippen LogP contribution in [0, 0.1) is 16.7 Å². The van der Waals surface area contributed by atoms with Gasteiger partial charge in [-0.25, -0.2) is 4.79 Å². The van der Waals surface area contributed by atoms with Crippen LogP contribution in [0.4, 0.5) is 4.79 Å². The Balaban J connectivity index is 2.12. The van der Waals surface area contributed by atoms with E-state index in [1.54, 1.807) is 0 Å². The highest BCUT2D eigenvalue weighted by atomic mass is 16.4. The van der Waals surface area contributed by atoms with Crippen LogP contribution in [0.25, 0.3) is 0 Å². The molecule has 1 fully saturated rings. The van der Waals surface area contributed by atoms with Crippen molar-refractivity contribution in [2.24, 2.45) is 16.7 Å². The number of hydrogen-bond donors (Lipinski definition) is 4. The Hall–Kier alpha value is -1.59. The summed E-state index contributed by atoms with van der Waals surface area (Å²) in [5.74, 6) is 0.737. The second-order valence-electron chi connectivity index (χ2n) is 11.2. The first-order valence-electron chi connectivity index (χ1n) is 11.3. The van der Waals surface area contributed by atoms with E-state index in [1.165, 1.54) is 12.8 Å². The van der Waals surface area contributed by atoms with E-state index in [0.717, 1.165) is 24.3 Å². The van der Waals surface area contributed by atoms with Crippen LogP contribution >= 0.6 is 0 Å². The second-order valence-corrected chi connectivity index (χ2v) is 11.2. The van der Waals surface area contributed by atoms with Gasteiger partial charge in [0.05, 0.1) is 11.6 Å². The summed E-state index contributed by atoms with van der Waals surface area (Å²) in [6.45, 7) is 13.3. The lowest BCUT2D eigenvalue weighted by Gasteiger charge is -2.48. The lowest BCUT2D eigenvalue weighted by atomic mass is 9.66. The molecule has 0 unspecified atom stereocenters. The van der Waals surface area contributed by atoms with Gasteiger partial charge in [0, 0.05) is 12.6 Å². The minimum absolute atomic E-state index is 0.340. The van der Waals surface area contributed by atoms with Crippen molar-refractivity contribution in [2.45, 2.75) is 91.3 Å². The number of benzene rings is 1. The van der Waals surface area contributed by atoms with Gasteiger partial charge in [0.1, 0.15) is 0 Å². The van der Waals surface area contributed by atoms with E-state index in [2.05, 4.69) is 31.4 Å². The standard InChI is InChI=1S/C25H42N2O3/c1-23(2,3)19-12-14-20(15-13-19)26-17-21(28)25(24(4,5)6,27-22(29)30)16-18-10-8-7-9-11-18/h7-11,19-21,26-28H,12-17H2,1-6H3,(H,29,30)/t19?,20?,21-,25-/m1/s1. The molecule has 4 N–H and O–H groups in total. The molecule has 1 aliphatic rings. The highest BCUT2D eigenvalue weighted by Gasteiger charge is 2.49. The number of aliphatic hydroxyl groups excluding tert-OH is 1. The zero-order valence-corrected chi connectivity index (χ0v) is 19.7. The fourth-order valence-electron chi connectivity index (χ4n) is 4.92. The molecule has 1 amide bonds. The van der Waals surface area contributed by atoms with Gasteiger partial charge in [0.15, 0.2) is 0 Å². The van der Waals surface area contributed by atoms with Crippen LogP contribution in [-0.4, -0.2) is 40.5 Å². The van der Waals surface area contributed by atoms with Crippen LogP contribution in [0.15, 0.2) is 30.3 Å². The summed E-state index contributed by atoms with van der Waals surface area (Å²) in [7, 11) is 0. The minimum atomic E-state index is -1.11. The predicted octanol–water partition coefficient (Wildman–Crippen LogP) is 4.84. The molecule has 0 saturated heterocycles. The van der Waals surface area contributed by atoms with Crippen LogP contribution in [-0.2, 0) is 6.42 Å². The van der Waals surface area contributed by atoms with Crippen molar-refractivity contribution < 1.29 is 15.0 Å². The Labute approximate surface area is 182 Å². The van der Waals surface area contributed by atoms with Crippen molar-refractivity contribution in [3.05, 3.63) is 35.9 Å². The Morgan fingerprint density at radius 1 is 1.03 bits per heavy atom. The van der Waals surface area contributed by atoms with Crippen molar-refractivity contribution in [2.75, 3.05) is 6.54 Å². The topological polar surface area (TPSA) is 81.6 Å². The molecule has 0 radical (unpaired) electrons. The average molecular weight is 419 g/mol. The highest BCUT2D eigenvalue weighted by molar-refractivity contribution is 5.66. The number of nitrogens with one attached hydrogen (secondary N) is 2. The van der Waals surface area contributed by atoms with Gasteiger partial charge in [-0.2, -0.15) is 0 Å². The third kappa shape index (κ3) is 6.21. The van der Waals surface area contributed by atoms with Crippen LogP contribution in [0.1, 0.15) is 72.8 Å². The van der Waals surface area contributed by atoms with Gasteiger partial charge in [0.25, 0.3) is 0 Å². The molecule has 0 aliphatic heterocycles. The molecule has 5 nitrogen and oxygen atoms in total. The van der Waals surface area contributed by atoms with E-state index >= 15 is 0 Å². The smallest absolute Gasteiger partial charge is 0.405 e. The maximum absolute atomic E-state index is 11.7. The van der Waals surface area contributed by atoms with Crippen molar-refractivity contribution in [3.63, 3.8) is 0 Å². The SMILES string of the molecule is CC(C)(C)C1CCC(NC[C@@H](O)[C@@](Cc2ccccc2)(NC(=O)O)C(C)(C)C)CC1. The lowest BCUT2D eigenvalue weighted by molar-refractivity contribution is -0.0111. The number of carbonyl (C=O) groups is 1. The van der Waals surface area contributed by atoms with E-state index in [0.29, 0.717) is 24.4 Å². The molecule has 30 heavy (non-hydrogen) atoms. The highest BCUT2D eigenvalue weighted by Crippen LogP contribution is 2.39. The molecule has 170 valence electrons. The number of carboxylic acid groups (broad SMARTS) is 1. The Morgan fingerprint density at radius 3 is 2.07 bits per heavy atom. The van der Waals surface area contributed by atoms with Crippen molar-refractivity contribution >= 4 is 6.09 Å². The summed E-state index contributed by atoms with van der Waals surface area (Å²) >= 11 is 0. The number of aliphatic hydroxyl groups is 1. The summed E-state index contributed by atoms with van der Waals surface area (Å²) in [4.78, 5) is 11.7. The lowest BCUT2D eigenvalue weighted by Crippen LogP contribution is -2.67. The van der Waals surface area contributed by atoms with E-state index in [1.807, 2.05) is 51.1 Å². The summed E-state index contributed by atoms with van der Waals surface area (Å²) in [5, 5.41) is 27.2. The second kappa shape index (κ2) is 9.69. The van der Waals surface area contributed by atoms with Gasteiger partial charge in [0.2, 0.25) is 0 Å². The minimum Gasteiger partial charge on any atom is -0.465 e. The molecule has 1 saturated carbocycles. The molecule has 0 bridgehead atoms. The monoisotopic (exact) mass is 418 g/mol. The summed E-state index contributed by atoms with van der Waals surface area (Å²) < 4.78 is 0. The molecule has 0 aromatic heterocycles. The first-order valence-corrected chi connectivity index (χ1v) is 11.3. The molecule has 0 spiro atoms. The van der Waals surface area contributed by atoms with Gasteiger partial charge in [-0.1, -0.05) is 71.9 Å². The predicted molar refractivity (Wildman–Crippen MR) is 123 cm³/mol. The van der Waals surface area contributed by atoms with Crippen molar-refractivity contribution in [3.8, 4) is 0 Å². The summed E-state index contributed by atoms with van der Waals surface area (Å²) in [5.41, 5.74) is -0.138. The first kappa shape index (κ1) is 24.7. The van der Waals surface area contributed by atoms with E-state index < -0.39 is 23.2 Å². The Bertz CT molecular complexity index is 670. The quantitative estimate of drug-likeness (QED) is 0.511. The molecule has 1 aliphatic carbocycles. The number of hydrogen-bond acceptors (Lipinski definition) is 3. The molecule has 1 aromatic carbocycles. The molecule has 1 aromatic rings. The maximum Gasteiger partial charge on any atom is 0.405 e. The van der Waals surface area contributed by atoms with Crippen LogP contribution in [0.3, 0.4) is 0 Å². The fraction of sp³-hybridized carbons (Fsp3) is 0.720. The van der Waals surface area contributed by atoms with Crippen LogP contribution in [0.5, 0.6) is 0 Å². The fourth-order valence-corrected chi connectivity index (χ4v) is 4.92. The van der Waals surface area contributed by atoms with Gasteiger partial charge < -0.3 is 20.8 Å². The average Bonchev–Trinajstić information content (AvgIpc) is 2.64. The summed E-state index contributed by atoms with van der Waals surface area (Å²) in [6, 6.07) is 10.2. The van der Waals surface area contributed by atoms with Crippen LogP contribution < -0.4 is 10.6 Å². The normalized spacial score (nSPS) is 23.4. The van der Waals surface area contributed by atoms with Crippen molar-refractivity contribution in [1.29, 1.82) is 0 Å². The van der Waals surface area contributed by atoms with E-state index in [4.69, 9.17) is 0 Å². The zero-order valence-electron chi connectivity index (χ0n) is 19.7. The van der Waals surface area contributed by atoms with Gasteiger partial charge in [-0.05, 0) is 54.4 Å². The third-order valence-electron chi connectivity index (χ3n) is 7.11. The third-order valence-corrected chi connectivity index (χ3v) is 7.11. The van der Waals surface area contributed by atoms with Gasteiger partial charge in [-0.3, -0.25) is 0 Å². The number of amides is 1. The van der Waals surface area contributed by atoms with Gasteiger partial charge in [-0.15, -0.1) is 0 Å².